The molecule has 5 nitrogen and oxygen atoms in total. The molecule has 0 spiro atoms. The minimum atomic E-state index is -1.15. The van der Waals surface area contributed by atoms with Crippen molar-refractivity contribution in [2.75, 3.05) is 5.32 Å². The van der Waals surface area contributed by atoms with E-state index in [9.17, 15) is 14.7 Å². The van der Waals surface area contributed by atoms with E-state index in [1.165, 1.54) is 12.1 Å². The summed E-state index contributed by atoms with van der Waals surface area (Å²) in [7, 11) is 0. The van der Waals surface area contributed by atoms with Crippen LogP contribution in [0, 0.1) is 0 Å². The van der Waals surface area contributed by atoms with Gasteiger partial charge in [0.05, 0.1) is 11.3 Å². The van der Waals surface area contributed by atoms with Crippen LogP contribution < -0.4 is 5.32 Å². The summed E-state index contributed by atoms with van der Waals surface area (Å²) in [6.45, 7) is 0.0952. The fourth-order valence-corrected chi connectivity index (χ4v) is 2.65. The first kappa shape index (κ1) is 18.5. The maximum atomic E-state index is 12.0. The van der Waals surface area contributed by atoms with Gasteiger partial charge in [0.2, 0.25) is 0 Å². The van der Waals surface area contributed by atoms with E-state index in [1.807, 2.05) is 30.3 Å². The average molecular weight is 382 g/mol. The molecule has 27 heavy (non-hydrogen) atoms. The molecular formula is C21H16ClNO4. The average Bonchev–Trinajstić information content (AvgIpc) is 2.68. The van der Waals surface area contributed by atoms with Crippen LogP contribution in [-0.4, -0.2) is 17.2 Å². The first-order valence-corrected chi connectivity index (χ1v) is 8.52. The van der Waals surface area contributed by atoms with Crippen LogP contribution in [0.4, 0.5) is 10.5 Å². The molecule has 2 N–H and O–H groups in total. The van der Waals surface area contributed by atoms with E-state index < -0.39 is 12.1 Å². The van der Waals surface area contributed by atoms with Crippen LogP contribution in [0.3, 0.4) is 0 Å². The highest BCUT2D eigenvalue weighted by Gasteiger charge is 2.15. The Morgan fingerprint density at radius 2 is 1.59 bits per heavy atom. The lowest BCUT2D eigenvalue weighted by molar-refractivity contribution is 0.0698. The van der Waals surface area contributed by atoms with Crippen LogP contribution in [-0.2, 0) is 11.3 Å². The second-order valence-corrected chi connectivity index (χ2v) is 6.20. The predicted molar refractivity (Wildman–Crippen MR) is 104 cm³/mol. The van der Waals surface area contributed by atoms with Gasteiger partial charge in [-0.1, -0.05) is 60.1 Å². The fourth-order valence-electron chi connectivity index (χ4n) is 2.52. The monoisotopic (exact) mass is 381 g/mol. The number of hydrogen-bond acceptors (Lipinski definition) is 3. The Labute approximate surface area is 161 Å². The number of ether oxygens (including phenoxy) is 1. The van der Waals surface area contributed by atoms with Crippen LogP contribution in [0.25, 0.3) is 11.1 Å². The fraction of sp³-hybridized carbons (Fsp3) is 0.0476. The molecule has 0 fully saturated rings. The Morgan fingerprint density at radius 3 is 2.26 bits per heavy atom. The van der Waals surface area contributed by atoms with E-state index >= 15 is 0 Å². The third-order valence-corrected chi connectivity index (χ3v) is 4.13. The van der Waals surface area contributed by atoms with Gasteiger partial charge in [0.15, 0.2) is 0 Å². The van der Waals surface area contributed by atoms with E-state index in [0.29, 0.717) is 10.6 Å². The maximum Gasteiger partial charge on any atom is 0.411 e. The maximum absolute atomic E-state index is 12.0. The zero-order valence-electron chi connectivity index (χ0n) is 14.2. The van der Waals surface area contributed by atoms with Crippen LogP contribution in [0.15, 0.2) is 72.8 Å². The molecule has 0 unspecified atom stereocenters. The second-order valence-electron chi connectivity index (χ2n) is 5.76. The molecule has 0 aliphatic carbocycles. The molecule has 0 radical (unpaired) electrons. The SMILES string of the molecule is O=C(Nc1ccc(-c2ccc(Cl)cc2)cc1C(=O)O)OCc1ccccc1. The van der Waals surface area contributed by atoms with Gasteiger partial charge >= 0.3 is 12.1 Å². The van der Waals surface area contributed by atoms with Crippen LogP contribution in [0.5, 0.6) is 0 Å². The van der Waals surface area contributed by atoms with Crippen molar-refractivity contribution in [2.45, 2.75) is 6.61 Å². The van der Waals surface area contributed by atoms with Crippen molar-refractivity contribution in [3.8, 4) is 11.1 Å². The summed E-state index contributed by atoms with van der Waals surface area (Å²) in [6.07, 6.45) is -0.722. The molecule has 3 aromatic rings. The van der Waals surface area contributed by atoms with Gasteiger partial charge in [-0.2, -0.15) is 0 Å². The Balaban J connectivity index is 1.75. The molecule has 0 aromatic heterocycles. The smallest absolute Gasteiger partial charge is 0.411 e. The van der Waals surface area contributed by atoms with Gasteiger partial charge in [-0.05, 0) is 41.0 Å². The lowest BCUT2D eigenvalue weighted by Crippen LogP contribution is -2.16. The van der Waals surface area contributed by atoms with Gasteiger partial charge in [0.1, 0.15) is 6.61 Å². The van der Waals surface area contributed by atoms with Crippen molar-refractivity contribution in [3.63, 3.8) is 0 Å². The summed E-state index contributed by atoms with van der Waals surface area (Å²) in [4.78, 5) is 23.6. The molecule has 1 amide bonds. The van der Waals surface area contributed by atoms with E-state index in [4.69, 9.17) is 16.3 Å². The van der Waals surface area contributed by atoms with Gasteiger partial charge in [-0.3, -0.25) is 5.32 Å². The number of hydrogen-bond donors (Lipinski definition) is 2. The molecule has 0 atom stereocenters. The number of benzene rings is 3. The summed E-state index contributed by atoms with van der Waals surface area (Å²) < 4.78 is 5.14. The van der Waals surface area contributed by atoms with E-state index in [1.54, 1.807) is 30.3 Å². The Hall–Kier alpha value is -3.31. The van der Waals surface area contributed by atoms with Crippen molar-refractivity contribution in [1.29, 1.82) is 0 Å². The van der Waals surface area contributed by atoms with E-state index in [0.717, 1.165) is 11.1 Å². The number of anilines is 1. The number of aromatic carboxylic acids is 1. The molecule has 0 aliphatic rings. The highest BCUT2D eigenvalue weighted by Crippen LogP contribution is 2.26. The molecule has 3 rings (SSSR count). The molecular weight excluding hydrogens is 366 g/mol. The molecule has 3 aromatic carbocycles. The van der Waals surface area contributed by atoms with Gasteiger partial charge in [0, 0.05) is 5.02 Å². The predicted octanol–water partition coefficient (Wildman–Crippen LogP) is 5.45. The van der Waals surface area contributed by atoms with E-state index in [-0.39, 0.29) is 17.9 Å². The Bertz CT molecular complexity index is 956. The number of carbonyl (C=O) groups excluding carboxylic acids is 1. The first-order chi connectivity index (χ1) is 13.0. The van der Waals surface area contributed by atoms with Crippen molar-refractivity contribution in [1.82, 2.24) is 0 Å². The lowest BCUT2D eigenvalue weighted by Gasteiger charge is -2.11. The highest BCUT2D eigenvalue weighted by atomic mass is 35.5. The van der Waals surface area contributed by atoms with Crippen molar-refractivity contribution < 1.29 is 19.4 Å². The minimum Gasteiger partial charge on any atom is -0.478 e. The summed E-state index contributed by atoms with van der Waals surface area (Å²) in [5, 5.41) is 12.6. The third kappa shape index (κ3) is 4.86. The third-order valence-electron chi connectivity index (χ3n) is 3.88. The number of nitrogens with one attached hydrogen (secondary N) is 1. The molecule has 6 heteroatoms. The van der Waals surface area contributed by atoms with Crippen LogP contribution >= 0.6 is 11.6 Å². The Morgan fingerprint density at radius 1 is 0.926 bits per heavy atom. The zero-order valence-corrected chi connectivity index (χ0v) is 14.9. The minimum absolute atomic E-state index is 0.0286. The first-order valence-electron chi connectivity index (χ1n) is 8.14. The highest BCUT2D eigenvalue weighted by molar-refractivity contribution is 6.30. The number of carboxylic acids is 1. The Kier molecular flexibility index (Phi) is 5.74. The van der Waals surface area contributed by atoms with E-state index in [2.05, 4.69) is 5.32 Å². The molecule has 0 bridgehead atoms. The van der Waals surface area contributed by atoms with Gasteiger partial charge in [-0.15, -0.1) is 0 Å². The summed E-state index contributed by atoms with van der Waals surface area (Å²) in [5.41, 5.74) is 2.49. The van der Waals surface area contributed by atoms with Crippen LogP contribution in [0.1, 0.15) is 15.9 Å². The van der Waals surface area contributed by atoms with Crippen molar-refractivity contribution >= 4 is 29.4 Å². The quantitative estimate of drug-likeness (QED) is 0.615. The zero-order chi connectivity index (χ0) is 19.2. The van der Waals surface area contributed by atoms with Crippen molar-refractivity contribution in [2.24, 2.45) is 0 Å². The summed E-state index contributed by atoms with van der Waals surface area (Å²) >= 11 is 5.88. The van der Waals surface area contributed by atoms with Gasteiger partial charge in [-0.25, -0.2) is 9.59 Å². The number of carbonyl (C=O) groups is 2. The standard InChI is InChI=1S/C21H16ClNO4/c22-17-9-6-15(7-10-17)16-8-11-19(18(12-16)20(24)25)23-21(26)27-13-14-4-2-1-3-5-14/h1-12H,13H2,(H,23,26)(H,24,25). The number of halogens is 1. The summed E-state index contributed by atoms with van der Waals surface area (Å²) in [6, 6.07) is 21.0. The lowest BCUT2D eigenvalue weighted by atomic mass is 10.0. The van der Waals surface area contributed by atoms with Gasteiger partial charge in [0.25, 0.3) is 0 Å². The largest absolute Gasteiger partial charge is 0.478 e. The van der Waals surface area contributed by atoms with Crippen LogP contribution in [0.2, 0.25) is 5.02 Å². The number of rotatable bonds is 5. The molecule has 0 saturated carbocycles. The number of carboxylic acid groups (broad SMARTS) is 1. The number of amides is 1. The topological polar surface area (TPSA) is 75.6 Å². The van der Waals surface area contributed by atoms with Gasteiger partial charge < -0.3 is 9.84 Å². The molecule has 0 heterocycles. The molecule has 0 aliphatic heterocycles. The van der Waals surface area contributed by atoms with Crippen molar-refractivity contribution in [3.05, 3.63) is 88.9 Å². The molecule has 0 saturated heterocycles. The second kappa shape index (κ2) is 8.38. The normalized spacial score (nSPS) is 10.3. The molecule has 136 valence electrons. The summed E-state index contributed by atoms with van der Waals surface area (Å²) in [5.74, 6) is -1.15.